The summed E-state index contributed by atoms with van der Waals surface area (Å²) in [5, 5.41) is 6.57. The highest BCUT2D eigenvalue weighted by Crippen LogP contribution is 2.24. The molecule has 0 aromatic carbocycles. The zero-order valence-corrected chi connectivity index (χ0v) is 16.0. The number of methoxy groups -OCH3 is 1. The molecule has 152 valence electrons. The number of amides is 1. The summed E-state index contributed by atoms with van der Waals surface area (Å²) in [4.78, 5) is 14.1. The van der Waals surface area contributed by atoms with Crippen molar-refractivity contribution in [3.05, 3.63) is 11.5 Å². The molecule has 1 aromatic rings. The maximum Gasteiger partial charge on any atom is 0.275 e. The molecule has 10 nitrogen and oxygen atoms in total. The minimum Gasteiger partial charge on any atom is -0.474 e. The topological polar surface area (TPSA) is 106 Å². The highest BCUT2D eigenvalue weighted by Gasteiger charge is 2.28. The van der Waals surface area contributed by atoms with E-state index in [1.807, 2.05) is 0 Å². The molecule has 0 saturated carbocycles. The predicted molar refractivity (Wildman–Crippen MR) is 93.7 cm³/mol. The molecule has 0 bridgehead atoms. The highest BCUT2D eigenvalue weighted by atomic mass is 32.2. The van der Waals surface area contributed by atoms with Crippen LogP contribution in [0, 0.1) is 5.82 Å². The molecule has 1 saturated heterocycles. The number of nitrogens with zero attached hydrogens (tertiary/aromatic N) is 4. The Morgan fingerprint density at radius 3 is 2.70 bits per heavy atom. The van der Waals surface area contributed by atoms with Crippen molar-refractivity contribution in [3.63, 3.8) is 0 Å². The minimum absolute atomic E-state index is 0.00551. The molecule has 0 unspecified atom stereocenters. The van der Waals surface area contributed by atoms with Gasteiger partial charge in [-0.3, -0.25) is 9.69 Å². The van der Waals surface area contributed by atoms with E-state index in [2.05, 4.69) is 15.3 Å². The van der Waals surface area contributed by atoms with Crippen LogP contribution in [0.5, 0.6) is 5.88 Å². The summed E-state index contributed by atoms with van der Waals surface area (Å²) >= 11 is 0. The average Bonchev–Trinajstić information content (AvgIpc) is 3.23. The molecule has 0 aliphatic carbocycles. The van der Waals surface area contributed by atoms with Crippen molar-refractivity contribution in [1.29, 1.82) is 0 Å². The van der Waals surface area contributed by atoms with Crippen LogP contribution in [-0.4, -0.2) is 98.7 Å². The summed E-state index contributed by atoms with van der Waals surface area (Å²) in [6.45, 7) is 3.77. The lowest BCUT2D eigenvalue weighted by Crippen LogP contribution is -2.51. The quantitative estimate of drug-likeness (QED) is 0.575. The van der Waals surface area contributed by atoms with Crippen molar-refractivity contribution in [2.75, 3.05) is 65.3 Å². The van der Waals surface area contributed by atoms with E-state index in [-0.39, 0.29) is 23.9 Å². The molecule has 0 spiro atoms. The molecule has 3 rings (SSSR count). The summed E-state index contributed by atoms with van der Waals surface area (Å²) in [5.74, 6) is -1.34. The number of sulfonamides is 1. The van der Waals surface area contributed by atoms with Gasteiger partial charge in [0.05, 0.1) is 18.9 Å². The molecule has 2 aliphatic heterocycles. The number of hydrogen-bond acceptors (Lipinski definition) is 7. The zero-order chi connectivity index (χ0) is 19.4. The van der Waals surface area contributed by atoms with Crippen LogP contribution in [0.25, 0.3) is 0 Å². The number of nitrogens with one attached hydrogen (secondary N) is 1. The van der Waals surface area contributed by atoms with Crippen LogP contribution < -0.4 is 10.1 Å². The second kappa shape index (κ2) is 8.50. The highest BCUT2D eigenvalue weighted by molar-refractivity contribution is 7.89. The van der Waals surface area contributed by atoms with Gasteiger partial charge in [0.15, 0.2) is 5.69 Å². The number of halogens is 1. The lowest BCUT2D eigenvalue weighted by Gasteiger charge is -2.33. The van der Waals surface area contributed by atoms with Gasteiger partial charge < -0.3 is 14.8 Å². The van der Waals surface area contributed by atoms with Gasteiger partial charge in [0, 0.05) is 46.4 Å². The lowest BCUT2D eigenvalue weighted by molar-refractivity contribution is 0.0934. The Hall–Kier alpha value is -1.76. The molecule has 0 radical (unpaired) electrons. The predicted octanol–water partition coefficient (Wildman–Crippen LogP) is -1.26. The van der Waals surface area contributed by atoms with Crippen LogP contribution in [0.15, 0.2) is 0 Å². The van der Waals surface area contributed by atoms with E-state index in [1.165, 1.54) is 16.1 Å². The molecule has 1 aromatic heterocycles. The summed E-state index contributed by atoms with van der Waals surface area (Å²) < 4.78 is 51.0. The normalized spacial score (nSPS) is 18.3. The van der Waals surface area contributed by atoms with Crippen LogP contribution >= 0.6 is 0 Å². The number of rotatable bonds is 8. The first-order valence-electron chi connectivity index (χ1n) is 8.79. The maximum atomic E-state index is 14.1. The first-order valence-corrected chi connectivity index (χ1v) is 10.4. The summed E-state index contributed by atoms with van der Waals surface area (Å²) in [5.41, 5.74) is -0.265. The Kier molecular flexibility index (Phi) is 6.29. The van der Waals surface area contributed by atoms with E-state index >= 15 is 0 Å². The minimum atomic E-state index is -3.29. The standard InChI is InChI=1S/C15H24FN5O5S/c1-25-10-11-27(23,24)20-6-4-19(5-7-20)3-2-17-14(22)13-12(16)15-21(18-13)8-9-26-15/h2-11H2,1H3,(H,17,22). The molecule has 3 heterocycles. The van der Waals surface area contributed by atoms with Crippen LogP contribution in [0.1, 0.15) is 10.5 Å². The first-order chi connectivity index (χ1) is 12.9. The van der Waals surface area contributed by atoms with Gasteiger partial charge in [-0.2, -0.15) is 13.8 Å². The average molecular weight is 405 g/mol. The smallest absolute Gasteiger partial charge is 0.275 e. The molecule has 1 amide bonds. The van der Waals surface area contributed by atoms with E-state index in [0.717, 1.165) is 0 Å². The fraction of sp³-hybridized carbons (Fsp3) is 0.733. The first kappa shape index (κ1) is 20.0. The van der Waals surface area contributed by atoms with E-state index in [9.17, 15) is 17.6 Å². The summed E-state index contributed by atoms with van der Waals surface area (Å²) in [6, 6.07) is 0. The van der Waals surface area contributed by atoms with Crippen molar-refractivity contribution in [1.82, 2.24) is 24.3 Å². The summed E-state index contributed by atoms with van der Waals surface area (Å²) in [6.07, 6.45) is 0. The van der Waals surface area contributed by atoms with Crippen molar-refractivity contribution in [3.8, 4) is 5.88 Å². The Balaban J connectivity index is 1.41. The fourth-order valence-electron chi connectivity index (χ4n) is 3.05. The zero-order valence-electron chi connectivity index (χ0n) is 15.2. The molecular weight excluding hydrogens is 381 g/mol. The number of fused-ring (bicyclic) bond motifs is 1. The van der Waals surface area contributed by atoms with Gasteiger partial charge in [-0.15, -0.1) is 0 Å². The number of carbonyl (C=O) groups excluding carboxylic acids is 1. The third kappa shape index (κ3) is 4.57. The molecular formula is C15H24FN5O5S. The third-order valence-electron chi connectivity index (χ3n) is 4.59. The van der Waals surface area contributed by atoms with Gasteiger partial charge >= 0.3 is 0 Å². The Labute approximate surface area is 157 Å². The van der Waals surface area contributed by atoms with Gasteiger partial charge in [0.25, 0.3) is 5.91 Å². The van der Waals surface area contributed by atoms with Crippen molar-refractivity contribution in [2.24, 2.45) is 0 Å². The molecule has 12 heteroatoms. The SMILES string of the molecule is COCCS(=O)(=O)N1CCN(CCNC(=O)c2nn3c(c2F)OCC3)CC1. The number of ether oxygens (including phenoxy) is 2. The third-order valence-corrected chi connectivity index (χ3v) is 6.43. The molecule has 1 N–H and O–H groups in total. The maximum absolute atomic E-state index is 14.1. The van der Waals surface area contributed by atoms with Crippen LogP contribution in [-0.2, 0) is 21.3 Å². The second-order valence-electron chi connectivity index (χ2n) is 6.34. The van der Waals surface area contributed by atoms with E-state index < -0.39 is 21.7 Å². The number of aromatic nitrogens is 2. The number of hydrogen-bond donors (Lipinski definition) is 1. The molecule has 27 heavy (non-hydrogen) atoms. The Morgan fingerprint density at radius 2 is 2.04 bits per heavy atom. The van der Waals surface area contributed by atoms with Gasteiger partial charge in [-0.1, -0.05) is 0 Å². The van der Waals surface area contributed by atoms with Gasteiger partial charge in [0.2, 0.25) is 21.7 Å². The fourth-order valence-corrected chi connectivity index (χ4v) is 4.40. The van der Waals surface area contributed by atoms with Crippen LogP contribution in [0.2, 0.25) is 0 Å². The monoisotopic (exact) mass is 405 g/mol. The van der Waals surface area contributed by atoms with E-state index in [1.54, 1.807) is 0 Å². The Morgan fingerprint density at radius 1 is 1.30 bits per heavy atom. The molecule has 1 fully saturated rings. The van der Waals surface area contributed by atoms with Crippen LogP contribution in [0.3, 0.4) is 0 Å². The van der Waals surface area contributed by atoms with E-state index in [0.29, 0.717) is 52.4 Å². The largest absolute Gasteiger partial charge is 0.474 e. The van der Waals surface area contributed by atoms with E-state index in [4.69, 9.17) is 9.47 Å². The van der Waals surface area contributed by atoms with Crippen LogP contribution in [0.4, 0.5) is 4.39 Å². The van der Waals surface area contributed by atoms with Crippen molar-refractivity contribution in [2.45, 2.75) is 6.54 Å². The summed E-state index contributed by atoms with van der Waals surface area (Å²) in [7, 11) is -1.82. The van der Waals surface area contributed by atoms with Crippen molar-refractivity contribution < 1.29 is 27.1 Å². The second-order valence-corrected chi connectivity index (χ2v) is 8.43. The Bertz CT molecular complexity index is 776. The number of piperazine rings is 1. The van der Waals surface area contributed by atoms with Gasteiger partial charge in [-0.25, -0.2) is 13.1 Å². The number of carbonyl (C=O) groups is 1. The van der Waals surface area contributed by atoms with Gasteiger partial charge in [0.1, 0.15) is 6.61 Å². The van der Waals surface area contributed by atoms with Gasteiger partial charge in [-0.05, 0) is 0 Å². The van der Waals surface area contributed by atoms with Crippen molar-refractivity contribution >= 4 is 15.9 Å². The molecule has 0 atom stereocenters. The lowest BCUT2D eigenvalue weighted by atomic mass is 10.3. The molecule has 2 aliphatic rings.